The fourth-order valence-electron chi connectivity index (χ4n) is 3.10. The van der Waals surface area contributed by atoms with Crippen LogP contribution in [0.25, 0.3) is 11.3 Å². The van der Waals surface area contributed by atoms with E-state index < -0.39 is 5.97 Å². The van der Waals surface area contributed by atoms with E-state index >= 15 is 0 Å². The summed E-state index contributed by atoms with van der Waals surface area (Å²) in [6, 6.07) is 2.16. The zero-order chi connectivity index (χ0) is 17.1. The number of carbonyl (C=O) groups is 1. The van der Waals surface area contributed by atoms with Gasteiger partial charge in [-0.3, -0.25) is 15.0 Å². The molecular formula is C18H22N4O2. The predicted octanol–water partition coefficient (Wildman–Crippen LogP) is 2.51. The van der Waals surface area contributed by atoms with Crippen molar-refractivity contribution in [1.29, 1.82) is 0 Å². The summed E-state index contributed by atoms with van der Waals surface area (Å²) >= 11 is 0. The zero-order valence-electron chi connectivity index (χ0n) is 14.0. The van der Waals surface area contributed by atoms with E-state index in [0.29, 0.717) is 23.2 Å². The Bertz CT molecular complexity index is 715. The van der Waals surface area contributed by atoms with Gasteiger partial charge < -0.3 is 10.0 Å². The molecule has 6 heteroatoms. The van der Waals surface area contributed by atoms with Crippen LogP contribution in [0, 0.1) is 5.92 Å². The summed E-state index contributed by atoms with van der Waals surface area (Å²) in [7, 11) is 0. The van der Waals surface area contributed by atoms with Gasteiger partial charge in [0.05, 0.1) is 23.1 Å². The molecule has 2 aromatic rings. The summed E-state index contributed by atoms with van der Waals surface area (Å²) in [6.45, 7) is 6.74. The molecule has 24 heavy (non-hydrogen) atoms. The Morgan fingerprint density at radius 3 is 2.75 bits per heavy atom. The van der Waals surface area contributed by atoms with Gasteiger partial charge in [0, 0.05) is 36.7 Å². The molecule has 0 amide bonds. The van der Waals surface area contributed by atoms with Crippen LogP contribution >= 0.6 is 0 Å². The zero-order valence-corrected chi connectivity index (χ0v) is 14.0. The van der Waals surface area contributed by atoms with Gasteiger partial charge in [-0.25, -0.2) is 4.79 Å². The number of rotatable bonds is 5. The third-order valence-electron chi connectivity index (χ3n) is 4.53. The number of hydrogen-bond donors (Lipinski definition) is 1. The van der Waals surface area contributed by atoms with Crippen LogP contribution in [-0.2, 0) is 6.42 Å². The first-order valence-corrected chi connectivity index (χ1v) is 8.26. The van der Waals surface area contributed by atoms with Gasteiger partial charge in [0.1, 0.15) is 0 Å². The van der Waals surface area contributed by atoms with E-state index in [2.05, 4.69) is 33.7 Å². The van der Waals surface area contributed by atoms with Gasteiger partial charge in [-0.2, -0.15) is 0 Å². The van der Waals surface area contributed by atoms with Crippen molar-refractivity contribution in [1.82, 2.24) is 19.9 Å². The van der Waals surface area contributed by atoms with Gasteiger partial charge in [-0.15, -0.1) is 0 Å². The lowest BCUT2D eigenvalue weighted by atomic mass is 10.0. The number of aromatic nitrogens is 3. The molecule has 0 aliphatic carbocycles. The minimum atomic E-state index is -0.995. The molecular weight excluding hydrogens is 304 g/mol. The summed E-state index contributed by atoms with van der Waals surface area (Å²) in [5.41, 5.74) is 2.44. The SMILES string of the molecule is CC(C)N1CCC(Cc2cnc(-c3cncc(C(=O)O)c3)cn2)C1. The first kappa shape index (κ1) is 16.5. The Kier molecular flexibility index (Phi) is 4.85. The maximum absolute atomic E-state index is 11.0. The number of hydrogen-bond acceptors (Lipinski definition) is 5. The Hall–Kier alpha value is -2.34. The molecule has 1 saturated heterocycles. The molecule has 0 bridgehead atoms. The monoisotopic (exact) mass is 326 g/mol. The standard InChI is InChI=1S/C18H22N4O2/c1-12(2)22-4-3-13(11-22)5-16-9-21-17(10-20-16)14-6-15(18(23)24)8-19-7-14/h6-10,12-13H,3-5,11H2,1-2H3,(H,23,24). The molecule has 3 rings (SSSR count). The van der Waals surface area contributed by atoms with Crippen molar-refractivity contribution in [2.24, 2.45) is 5.92 Å². The Labute approximate surface area is 141 Å². The Morgan fingerprint density at radius 2 is 2.12 bits per heavy atom. The van der Waals surface area contributed by atoms with Crippen LogP contribution in [0.1, 0.15) is 36.3 Å². The molecule has 3 heterocycles. The van der Waals surface area contributed by atoms with Crippen molar-refractivity contribution in [3.05, 3.63) is 42.1 Å². The van der Waals surface area contributed by atoms with E-state index in [1.54, 1.807) is 24.7 Å². The Morgan fingerprint density at radius 1 is 1.29 bits per heavy atom. The molecule has 0 saturated carbocycles. The second-order valence-corrected chi connectivity index (χ2v) is 6.61. The fraction of sp³-hybridized carbons (Fsp3) is 0.444. The number of carboxylic acids is 1. The molecule has 1 aliphatic rings. The molecule has 0 aromatic carbocycles. The van der Waals surface area contributed by atoms with E-state index in [0.717, 1.165) is 25.2 Å². The van der Waals surface area contributed by atoms with E-state index in [9.17, 15) is 4.79 Å². The van der Waals surface area contributed by atoms with E-state index in [-0.39, 0.29) is 5.56 Å². The topological polar surface area (TPSA) is 79.2 Å². The van der Waals surface area contributed by atoms with Crippen LogP contribution in [0.3, 0.4) is 0 Å². The lowest BCUT2D eigenvalue weighted by molar-refractivity contribution is 0.0696. The number of carboxylic acid groups (broad SMARTS) is 1. The molecule has 0 spiro atoms. The van der Waals surface area contributed by atoms with Crippen molar-refractivity contribution in [2.75, 3.05) is 13.1 Å². The van der Waals surface area contributed by atoms with Crippen LogP contribution in [0.2, 0.25) is 0 Å². The number of aromatic carboxylic acids is 1. The average Bonchev–Trinajstić information content (AvgIpc) is 3.04. The summed E-state index contributed by atoms with van der Waals surface area (Å²) in [5, 5.41) is 9.04. The van der Waals surface area contributed by atoms with Gasteiger partial charge in [-0.05, 0) is 45.2 Å². The van der Waals surface area contributed by atoms with Gasteiger partial charge in [0.25, 0.3) is 0 Å². The van der Waals surface area contributed by atoms with Gasteiger partial charge in [0.2, 0.25) is 0 Å². The fourth-order valence-corrected chi connectivity index (χ4v) is 3.10. The van der Waals surface area contributed by atoms with E-state index in [1.165, 1.54) is 12.6 Å². The average molecular weight is 326 g/mol. The van der Waals surface area contributed by atoms with Gasteiger partial charge in [-0.1, -0.05) is 0 Å². The summed E-state index contributed by atoms with van der Waals surface area (Å²) < 4.78 is 0. The largest absolute Gasteiger partial charge is 0.478 e. The first-order valence-electron chi connectivity index (χ1n) is 8.26. The van der Waals surface area contributed by atoms with Crippen LogP contribution in [0.5, 0.6) is 0 Å². The highest BCUT2D eigenvalue weighted by molar-refractivity contribution is 5.88. The second kappa shape index (κ2) is 7.05. The molecule has 1 aliphatic heterocycles. The molecule has 1 fully saturated rings. The van der Waals surface area contributed by atoms with Crippen molar-refractivity contribution in [2.45, 2.75) is 32.7 Å². The summed E-state index contributed by atoms with van der Waals surface area (Å²) in [4.78, 5) is 26.4. The third kappa shape index (κ3) is 3.76. The minimum Gasteiger partial charge on any atom is -0.478 e. The highest BCUT2D eigenvalue weighted by Crippen LogP contribution is 2.22. The van der Waals surface area contributed by atoms with Crippen LogP contribution < -0.4 is 0 Å². The van der Waals surface area contributed by atoms with Crippen molar-refractivity contribution >= 4 is 5.97 Å². The molecule has 1 unspecified atom stereocenters. The predicted molar refractivity (Wildman–Crippen MR) is 90.7 cm³/mol. The number of pyridine rings is 1. The normalized spacial score (nSPS) is 18.2. The highest BCUT2D eigenvalue weighted by atomic mass is 16.4. The first-order chi connectivity index (χ1) is 11.5. The summed E-state index contributed by atoms with van der Waals surface area (Å²) in [6.07, 6.45) is 8.56. The molecule has 0 radical (unpaired) electrons. The van der Waals surface area contributed by atoms with Gasteiger partial charge in [0.15, 0.2) is 0 Å². The molecule has 1 N–H and O–H groups in total. The number of likely N-dealkylation sites (tertiary alicyclic amines) is 1. The highest BCUT2D eigenvalue weighted by Gasteiger charge is 2.24. The lowest BCUT2D eigenvalue weighted by Gasteiger charge is -2.20. The van der Waals surface area contributed by atoms with E-state index in [4.69, 9.17) is 5.11 Å². The Balaban J connectivity index is 1.68. The minimum absolute atomic E-state index is 0.151. The van der Waals surface area contributed by atoms with Crippen LogP contribution in [0.4, 0.5) is 0 Å². The van der Waals surface area contributed by atoms with Gasteiger partial charge >= 0.3 is 5.97 Å². The van der Waals surface area contributed by atoms with Crippen LogP contribution in [0.15, 0.2) is 30.9 Å². The second-order valence-electron chi connectivity index (χ2n) is 6.61. The van der Waals surface area contributed by atoms with Crippen LogP contribution in [-0.4, -0.2) is 50.1 Å². The smallest absolute Gasteiger partial charge is 0.337 e. The van der Waals surface area contributed by atoms with E-state index in [1.807, 2.05) is 0 Å². The maximum atomic E-state index is 11.0. The molecule has 126 valence electrons. The molecule has 6 nitrogen and oxygen atoms in total. The maximum Gasteiger partial charge on any atom is 0.337 e. The third-order valence-corrected chi connectivity index (χ3v) is 4.53. The summed E-state index contributed by atoms with van der Waals surface area (Å²) in [5.74, 6) is -0.366. The lowest BCUT2D eigenvalue weighted by Crippen LogP contribution is -2.28. The van der Waals surface area contributed by atoms with Crippen molar-refractivity contribution in [3.63, 3.8) is 0 Å². The number of nitrogens with zero attached hydrogens (tertiary/aromatic N) is 4. The van der Waals surface area contributed by atoms with Crippen molar-refractivity contribution in [3.8, 4) is 11.3 Å². The molecule has 1 atom stereocenters. The van der Waals surface area contributed by atoms with Crippen molar-refractivity contribution < 1.29 is 9.90 Å². The molecule has 2 aromatic heterocycles. The quantitative estimate of drug-likeness (QED) is 0.909.